The highest BCUT2D eigenvalue weighted by atomic mass is 35.5. The van der Waals surface area contributed by atoms with E-state index < -0.39 is 29.5 Å². The molecule has 2 amide bonds. The number of hydrogen-bond donors (Lipinski definition) is 0. The molecule has 0 radical (unpaired) electrons. The van der Waals surface area contributed by atoms with Gasteiger partial charge >= 0.3 is 12.1 Å². The zero-order chi connectivity index (χ0) is 24.2. The van der Waals surface area contributed by atoms with Crippen LogP contribution in [-0.2, 0) is 15.8 Å². The second kappa shape index (κ2) is 8.09. The molecule has 1 heterocycles. The lowest BCUT2D eigenvalue weighted by Gasteiger charge is -2.13. The van der Waals surface area contributed by atoms with Crippen LogP contribution < -0.4 is 4.74 Å². The monoisotopic (exact) mass is 488 g/mol. The molecule has 2 bridgehead atoms. The standard InChI is InChI=1S/C24H16ClF3N2O4/c25-17-6-7-18(34-23(33)14-2-1-3-16(9-14)24(26,27)28)15(10-17)11-29-30-21(31)19-12-4-5-13(8-12)20(19)22(30)32/h1-7,9-13,19-20H,8H2. The minimum atomic E-state index is -4.61. The Balaban J connectivity index is 1.38. The predicted octanol–water partition coefficient (Wildman–Crippen LogP) is 4.72. The van der Waals surface area contributed by atoms with Crippen LogP contribution in [0.1, 0.15) is 27.9 Å². The van der Waals surface area contributed by atoms with Gasteiger partial charge < -0.3 is 4.74 Å². The van der Waals surface area contributed by atoms with Crippen molar-refractivity contribution in [3.05, 3.63) is 76.3 Å². The number of amides is 2. The highest BCUT2D eigenvalue weighted by molar-refractivity contribution is 6.31. The van der Waals surface area contributed by atoms with Crippen LogP contribution in [0.15, 0.2) is 59.7 Å². The summed E-state index contributed by atoms with van der Waals surface area (Å²) < 4.78 is 44.2. The van der Waals surface area contributed by atoms with Crippen molar-refractivity contribution in [3.8, 4) is 5.75 Å². The summed E-state index contributed by atoms with van der Waals surface area (Å²) in [7, 11) is 0. The average molecular weight is 489 g/mol. The van der Waals surface area contributed by atoms with Crippen molar-refractivity contribution < 1.29 is 32.3 Å². The third-order valence-electron chi connectivity index (χ3n) is 6.36. The first-order chi connectivity index (χ1) is 16.1. The first-order valence-corrected chi connectivity index (χ1v) is 10.8. The number of alkyl halides is 3. The summed E-state index contributed by atoms with van der Waals surface area (Å²) in [5.41, 5.74) is -1.11. The number of fused-ring (bicyclic) bond motifs is 5. The first-order valence-electron chi connectivity index (χ1n) is 10.4. The Morgan fingerprint density at radius 1 is 1.06 bits per heavy atom. The van der Waals surface area contributed by atoms with Crippen molar-refractivity contribution in [1.82, 2.24) is 5.01 Å². The molecule has 174 valence electrons. The number of halogens is 4. The number of allylic oxidation sites excluding steroid dienone is 2. The predicted molar refractivity (Wildman–Crippen MR) is 115 cm³/mol. The zero-order valence-electron chi connectivity index (χ0n) is 17.3. The summed E-state index contributed by atoms with van der Waals surface area (Å²) in [5.74, 6) is -2.61. The number of nitrogens with zero attached hydrogens (tertiary/aromatic N) is 2. The van der Waals surface area contributed by atoms with E-state index in [1.807, 2.05) is 12.2 Å². The normalized spacial score (nSPS) is 25.5. The molecule has 6 nitrogen and oxygen atoms in total. The fourth-order valence-corrected chi connectivity index (χ4v) is 5.00. The van der Waals surface area contributed by atoms with Crippen LogP contribution in [0, 0.1) is 23.7 Å². The Kier molecular flexibility index (Phi) is 5.31. The van der Waals surface area contributed by atoms with E-state index in [2.05, 4.69) is 5.10 Å². The van der Waals surface area contributed by atoms with E-state index in [1.165, 1.54) is 30.5 Å². The van der Waals surface area contributed by atoms with Crippen LogP contribution in [-0.4, -0.2) is 29.0 Å². The average Bonchev–Trinajstić information content (AvgIpc) is 3.48. The molecule has 1 saturated carbocycles. The fourth-order valence-electron chi connectivity index (χ4n) is 4.81. The van der Waals surface area contributed by atoms with Gasteiger partial charge in [-0.1, -0.05) is 29.8 Å². The molecule has 2 fully saturated rings. The van der Waals surface area contributed by atoms with Gasteiger partial charge in [-0.15, -0.1) is 0 Å². The van der Waals surface area contributed by atoms with E-state index in [0.717, 1.165) is 23.6 Å². The zero-order valence-corrected chi connectivity index (χ0v) is 18.1. The van der Waals surface area contributed by atoms with Crippen LogP contribution in [0.5, 0.6) is 5.75 Å². The van der Waals surface area contributed by atoms with E-state index in [-0.39, 0.29) is 45.5 Å². The number of imide groups is 1. The molecule has 3 aliphatic rings. The molecule has 10 heteroatoms. The molecule has 2 aromatic rings. The third-order valence-corrected chi connectivity index (χ3v) is 6.59. The number of hydrogen-bond acceptors (Lipinski definition) is 5. The van der Waals surface area contributed by atoms with Crippen molar-refractivity contribution in [2.45, 2.75) is 12.6 Å². The molecular formula is C24H16ClF3N2O4. The smallest absolute Gasteiger partial charge is 0.416 e. The highest BCUT2D eigenvalue weighted by Crippen LogP contribution is 2.52. The van der Waals surface area contributed by atoms with Crippen molar-refractivity contribution in [2.24, 2.45) is 28.8 Å². The molecule has 0 spiro atoms. The highest BCUT2D eigenvalue weighted by Gasteiger charge is 2.59. The summed E-state index contributed by atoms with van der Waals surface area (Å²) >= 11 is 6.04. The van der Waals surface area contributed by atoms with Gasteiger partial charge in [-0.05, 0) is 54.7 Å². The Bertz CT molecular complexity index is 1240. The van der Waals surface area contributed by atoms with Gasteiger partial charge in [0.2, 0.25) is 0 Å². The number of carbonyl (C=O) groups is 3. The van der Waals surface area contributed by atoms with E-state index in [1.54, 1.807) is 0 Å². The molecule has 2 aliphatic carbocycles. The summed E-state index contributed by atoms with van der Waals surface area (Å²) in [6.45, 7) is 0. The van der Waals surface area contributed by atoms with E-state index in [0.29, 0.717) is 6.07 Å². The van der Waals surface area contributed by atoms with Crippen molar-refractivity contribution in [2.75, 3.05) is 0 Å². The lowest BCUT2D eigenvalue weighted by Crippen LogP contribution is -2.28. The quantitative estimate of drug-likeness (QED) is 0.205. The minimum Gasteiger partial charge on any atom is -0.422 e. The van der Waals surface area contributed by atoms with E-state index in [4.69, 9.17) is 16.3 Å². The molecule has 1 aliphatic heterocycles. The number of hydrazone groups is 1. The Labute approximate surface area is 196 Å². The first kappa shape index (κ1) is 22.3. The second-order valence-corrected chi connectivity index (χ2v) is 8.82. The van der Waals surface area contributed by atoms with E-state index in [9.17, 15) is 27.6 Å². The largest absolute Gasteiger partial charge is 0.422 e. The fraction of sp³-hybridized carbons (Fsp3) is 0.250. The van der Waals surface area contributed by atoms with E-state index >= 15 is 0 Å². The molecular weight excluding hydrogens is 473 g/mol. The Morgan fingerprint density at radius 3 is 2.38 bits per heavy atom. The van der Waals surface area contributed by atoms with Crippen LogP contribution in [0.25, 0.3) is 0 Å². The molecule has 0 N–H and O–H groups in total. The summed E-state index contributed by atoms with van der Waals surface area (Å²) in [6, 6.07) is 8.01. The summed E-state index contributed by atoms with van der Waals surface area (Å²) in [5, 5.41) is 5.14. The van der Waals surface area contributed by atoms with Gasteiger partial charge in [0.15, 0.2) is 0 Å². The van der Waals surface area contributed by atoms with Gasteiger partial charge in [-0.3, -0.25) is 9.59 Å². The lowest BCUT2D eigenvalue weighted by atomic mass is 9.85. The van der Waals surface area contributed by atoms with Gasteiger partial charge in [0, 0.05) is 10.6 Å². The molecule has 4 unspecified atom stereocenters. The van der Waals surface area contributed by atoms with Crippen LogP contribution in [0.4, 0.5) is 13.2 Å². The number of rotatable bonds is 4. The number of benzene rings is 2. The SMILES string of the molecule is O=C(Oc1ccc(Cl)cc1C=NN1C(=O)C2C3C=CC(C3)C2C1=O)c1cccc(C(F)(F)F)c1. The Hall–Kier alpha value is -3.46. The van der Waals surface area contributed by atoms with Crippen LogP contribution in [0.2, 0.25) is 5.02 Å². The molecule has 5 rings (SSSR count). The van der Waals surface area contributed by atoms with Crippen molar-refractivity contribution in [3.63, 3.8) is 0 Å². The van der Waals surface area contributed by atoms with Gasteiger partial charge in [0.05, 0.1) is 29.2 Å². The second-order valence-electron chi connectivity index (χ2n) is 8.38. The molecule has 34 heavy (non-hydrogen) atoms. The summed E-state index contributed by atoms with van der Waals surface area (Å²) in [6.07, 6.45) is 1.27. The van der Waals surface area contributed by atoms with Gasteiger partial charge in [-0.2, -0.15) is 23.3 Å². The van der Waals surface area contributed by atoms with Gasteiger partial charge in [-0.25, -0.2) is 4.79 Å². The van der Waals surface area contributed by atoms with Gasteiger partial charge in [0.25, 0.3) is 11.8 Å². The summed E-state index contributed by atoms with van der Waals surface area (Å²) in [4.78, 5) is 38.1. The minimum absolute atomic E-state index is 0.0294. The third kappa shape index (κ3) is 3.79. The maximum absolute atomic E-state index is 13.0. The lowest BCUT2D eigenvalue weighted by molar-refractivity contribution is -0.141. The number of esters is 1. The Morgan fingerprint density at radius 2 is 1.74 bits per heavy atom. The molecule has 2 aromatic carbocycles. The maximum Gasteiger partial charge on any atom is 0.416 e. The molecule has 1 saturated heterocycles. The number of ether oxygens (including phenoxy) is 1. The van der Waals surface area contributed by atoms with Crippen LogP contribution in [0.3, 0.4) is 0 Å². The van der Waals surface area contributed by atoms with Gasteiger partial charge in [0.1, 0.15) is 5.75 Å². The topological polar surface area (TPSA) is 76.0 Å². The van der Waals surface area contributed by atoms with Crippen molar-refractivity contribution in [1.29, 1.82) is 0 Å². The molecule has 0 aromatic heterocycles. The molecule has 4 atom stereocenters. The van der Waals surface area contributed by atoms with Crippen molar-refractivity contribution >= 4 is 35.6 Å². The maximum atomic E-state index is 13.0. The van der Waals surface area contributed by atoms with Crippen LogP contribution >= 0.6 is 11.6 Å². The number of carbonyl (C=O) groups excluding carboxylic acids is 3.